The summed E-state index contributed by atoms with van der Waals surface area (Å²) in [6.45, 7) is 8.95. The van der Waals surface area contributed by atoms with E-state index in [1.165, 1.54) is 0 Å². The average molecular weight is 520 g/mol. The maximum absolute atomic E-state index is 12.7. The zero-order valence-electron chi connectivity index (χ0n) is 21.9. The third kappa shape index (κ3) is 7.32. The summed E-state index contributed by atoms with van der Waals surface area (Å²) in [5.41, 5.74) is 6.66. The highest BCUT2D eigenvalue weighted by atomic mass is 16.6. The molecule has 37 heavy (non-hydrogen) atoms. The van der Waals surface area contributed by atoms with Crippen LogP contribution in [-0.4, -0.2) is 97.3 Å². The summed E-state index contributed by atoms with van der Waals surface area (Å²) in [4.78, 5) is 19.6. The van der Waals surface area contributed by atoms with E-state index < -0.39 is 42.7 Å². The van der Waals surface area contributed by atoms with Gasteiger partial charge in [0.15, 0.2) is 6.29 Å². The van der Waals surface area contributed by atoms with Crippen LogP contribution >= 0.6 is 0 Å². The number of amides is 1. The second kappa shape index (κ2) is 13.9. The first-order valence-corrected chi connectivity index (χ1v) is 12.5. The van der Waals surface area contributed by atoms with Crippen molar-refractivity contribution >= 4 is 5.91 Å². The lowest BCUT2D eigenvalue weighted by molar-refractivity contribution is -0.286. The molecular weight excluding hydrogens is 478 g/mol. The Kier molecular flexibility index (Phi) is 11.6. The van der Waals surface area contributed by atoms with Crippen molar-refractivity contribution in [1.29, 1.82) is 0 Å². The van der Waals surface area contributed by atoms with Crippen LogP contribution in [0.3, 0.4) is 0 Å². The number of carbonyl (C=O) groups is 1. The van der Waals surface area contributed by atoms with Gasteiger partial charge < -0.3 is 36.0 Å². The van der Waals surface area contributed by atoms with Gasteiger partial charge in [-0.15, -0.1) is 0 Å². The molecule has 0 saturated carbocycles. The summed E-state index contributed by atoms with van der Waals surface area (Å²) >= 11 is 0. The predicted octanol–water partition coefficient (Wildman–Crippen LogP) is 0.141. The van der Waals surface area contributed by atoms with Gasteiger partial charge in [-0.25, -0.2) is 0 Å². The summed E-state index contributed by atoms with van der Waals surface area (Å²) in [5, 5.41) is 44.7. The Labute approximate surface area is 218 Å². The molecule has 3 rings (SSSR count). The molecule has 0 radical (unpaired) electrons. The number of aliphatic hydroxyl groups excluding tert-OH is 5. The van der Waals surface area contributed by atoms with Crippen LogP contribution in [0.25, 0.3) is 0 Å². The van der Waals surface area contributed by atoms with Gasteiger partial charge in [0.1, 0.15) is 29.8 Å². The van der Waals surface area contributed by atoms with Crippen LogP contribution in [0.2, 0.25) is 0 Å². The number of rotatable bonds is 9. The molecule has 0 bridgehead atoms. The standard InChI is InChI=1S/C21H29N3O.C6H12O6/c1-16(2)24(17(3)4)15-13-21(20(22)25,18-10-6-5-7-11-18)19-12-8-9-14-23-19;7-1-2-3(8)4(9)5(10)6(11)12-2/h5-12,14,16-17H,13,15H2,1-4H3,(H2,22,25);2-11H,1H2/t;2-,3-,4+,5-,6?/m.1/s1. The highest BCUT2D eigenvalue weighted by Gasteiger charge is 2.43. The highest BCUT2D eigenvalue weighted by molar-refractivity contribution is 5.90. The lowest BCUT2D eigenvalue weighted by Crippen LogP contribution is -2.58. The number of primary amides is 1. The Bertz CT molecular complexity index is 893. The molecule has 0 aliphatic carbocycles. The monoisotopic (exact) mass is 519 g/mol. The Hall–Kier alpha value is -2.44. The lowest BCUT2D eigenvalue weighted by atomic mass is 9.73. The Morgan fingerprint density at radius 2 is 1.57 bits per heavy atom. The molecule has 1 aliphatic rings. The molecule has 206 valence electrons. The van der Waals surface area contributed by atoms with E-state index in [4.69, 9.17) is 31.3 Å². The summed E-state index contributed by atoms with van der Waals surface area (Å²) < 4.78 is 4.58. The number of hydrogen-bond donors (Lipinski definition) is 6. The number of aliphatic hydroxyl groups is 5. The van der Waals surface area contributed by atoms with Crippen LogP contribution in [0, 0.1) is 0 Å². The van der Waals surface area contributed by atoms with Crippen LogP contribution in [0.1, 0.15) is 45.4 Å². The second-order valence-corrected chi connectivity index (χ2v) is 9.75. The topological polar surface area (TPSA) is 170 Å². The molecule has 10 nitrogen and oxygen atoms in total. The number of aromatic nitrogens is 1. The van der Waals surface area contributed by atoms with Crippen LogP contribution in [-0.2, 0) is 14.9 Å². The summed E-state index contributed by atoms with van der Waals surface area (Å²) in [5.74, 6) is -0.357. The first-order valence-electron chi connectivity index (χ1n) is 12.5. The number of ether oxygens (including phenoxy) is 1. The van der Waals surface area contributed by atoms with Gasteiger partial charge >= 0.3 is 0 Å². The fourth-order valence-corrected chi connectivity index (χ4v) is 4.64. The van der Waals surface area contributed by atoms with Gasteiger partial charge in [-0.05, 0) is 51.8 Å². The minimum atomic E-state index is -1.57. The zero-order chi connectivity index (χ0) is 27.8. The van der Waals surface area contributed by atoms with Crippen molar-refractivity contribution < 1.29 is 35.1 Å². The molecule has 1 amide bonds. The van der Waals surface area contributed by atoms with E-state index in [1.54, 1.807) is 6.20 Å². The molecule has 2 unspecified atom stereocenters. The SMILES string of the molecule is CC(C)N(CCC(C(N)=O)(c1ccccc1)c1ccccn1)C(C)C.OC[C@H]1OC(O)[C@H](O)[C@@H](O)[C@@H]1O. The van der Waals surface area contributed by atoms with Crippen LogP contribution < -0.4 is 5.73 Å². The van der Waals surface area contributed by atoms with Crippen molar-refractivity contribution in [2.45, 2.75) is 82.3 Å². The van der Waals surface area contributed by atoms with E-state index in [-0.39, 0.29) is 5.91 Å². The van der Waals surface area contributed by atoms with Crippen molar-refractivity contribution in [3.05, 3.63) is 66.0 Å². The van der Waals surface area contributed by atoms with Crippen LogP contribution in [0.5, 0.6) is 0 Å². The summed E-state index contributed by atoms with van der Waals surface area (Å²) in [6.07, 6.45) is -4.72. The fraction of sp³-hybridized carbons (Fsp3) is 0.556. The zero-order valence-corrected chi connectivity index (χ0v) is 21.9. The number of carbonyl (C=O) groups excluding carboxylic acids is 1. The average Bonchev–Trinajstić information content (AvgIpc) is 2.88. The van der Waals surface area contributed by atoms with E-state index in [2.05, 4.69) is 42.3 Å². The highest BCUT2D eigenvalue weighted by Crippen LogP contribution is 2.35. The van der Waals surface area contributed by atoms with Crippen molar-refractivity contribution in [3.63, 3.8) is 0 Å². The Morgan fingerprint density at radius 3 is 2.05 bits per heavy atom. The van der Waals surface area contributed by atoms with E-state index in [0.29, 0.717) is 24.2 Å². The molecular formula is C27H41N3O7. The van der Waals surface area contributed by atoms with Gasteiger partial charge in [0, 0.05) is 24.8 Å². The van der Waals surface area contributed by atoms with Crippen molar-refractivity contribution in [2.75, 3.05) is 13.2 Å². The Balaban J connectivity index is 0.000000335. The minimum Gasteiger partial charge on any atom is -0.394 e. The molecule has 7 N–H and O–H groups in total. The number of hydrogen-bond acceptors (Lipinski definition) is 9. The lowest BCUT2D eigenvalue weighted by Gasteiger charge is -2.37. The molecule has 1 saturated heterocycles. The molecule has 10 heteroatoms. The van der Waals surface area contributed by atoms with Crippen LogP contribution in [0.15, 0.2) is 54.7 Å². The normalized spacial score (nSPS) is 25.5. The van der Waals surface area contributed by atoms with E-state index >= 15 is 0 Å². The third-order valence-corrected chi connectivity index (χ3v) is 6.73. The van der Waals surface area contributed by atoms with Gasteiger partial charge in [-0.1, -0.05) is 36.4 Å². The number of pyridine rings is 1. The van der Waals surface area contributed by atoms with Crippen molar-refractivity contribution in [2.24, 2.45) is 5.73 Å². The third-order valence-electron chi connectivity index (χ3n) is 6.73. The minimum absolute atomic E-state index is 0.357. The van der Waals surface area contributed by atoms with Gasteiger partial charge in [0.05, 0.1) is 12.3 Å². The second-order valence-electron chi connectivity index (χ2n) is 9.75. The maximum atomic E-state index is 12.7. The first kappa shape index (κ1) is 30.8. The molecule has 2 aromatic rings. The molecule has 1 fully saturated rings. The largest absolute Gasteiger partial charge is 0.394 e. The molecule has 1 aromatic heterocycles. The van der Waals surface area contributed by atoms with E-state index in [0.717, 1.165) is 12.1 Å². The maximum Gasteiger partial charge on any atom is 0.234 e. The first-order chi connectivity index (χ1) is 17.5. The molecule has 0 spiro atoms. The van der Waals surface area contributed by atoms with Gasteiger partial charge in [-0.3, -0.25) is 14.7 Å². The van der Waals surface area contributed by atoms with Crippen molar-refractivity contribution in [1.82, 2.24) is 9.88 Å². The predicted molar refractivity (Wildman–Crippen MR) is 138 cm³/mol. The molecule has 1 aliphatic heterocycles. The van der Waals surface area contributed by atoms with E-state index in [1.807, 2.05) is 48.5 Å². The quantitative estimate of drug-likeness (QED) is 0.270. The summed E-state index contributed by atoms with van der Waals surface area (Å²) in [7, 11) is 0. The molecule has 1 aromatic carbocycles. The van der Waals surface area contributed by atoms with Crippen LogP contribution in [0.4, 0.5) is 0 Å². The Morgan fingerprint density at radius 1 is 0.973 bits per heavy atom. The molecule has 2 heterocycles. The molecule has 6 atom stereocenters. The summed E-state index contributed by atoms with van der Waals surface area (Å²) in [6, 6.07) is 16.2. The van der Waals surface area contributed by atoms with Gasteiger partial charge in [0.25, 0.3) is 0 Å². The number of nitrogens with zero attached hydrogens (tertiary/aromatic N) is 2. The van der Waals surface area contributed by atoms with E-state index in [9.17, 15) is 4.79 Å². The fourth-order valence-electron chi connectivity index (χ4n) is 4.64. The smallest absolute Gasteiger partial charge is 0.234 e. The van der Waals surface area contributed by atoms with Crippen molar-refractivity contribution in [3.8, 4) is 0 Å². The van der Waals surface area contributed by atoms with Gasteiger partial charge in [-0.2, -0.15) is 0 Å². The number of benzene rings is 1. The van der Waals surface area contributed by atoms with Gasteiger partial charge in [0.2, 0.25) is 5.91 Å². The number of nitrogens with two attached hydrogens (primary N) is 1.